The summed E-state index contributed by atoms with van der Waals surface area (Å²) in [6, 6.07) is 20.3. The van der Waals surface area contributed by atoms with Crippen molar-refractivity contribution in [2.45, 2.75) is 11.8 Å². The number of hydrogen-bond acceptors (Lipinski definition) is 5. The van der Waals surface area contributed by atoms with E-state index in [1.165, 1.54) is 12.1 Å². The van der Waals surface area contributed by atoms with E-state index < -0.39 is 15.9 Å². The summed E-state index contributed by atoms with van der Waals surface area (Å²) in [6.45, 7) is 2.28. The van der Waals surface area contributed by atoms with Gasteiger partial charge in [-0.1, -0.05) is 35.9 Å². The number of anilines is 2. The van der Waals surface area contributed by atoms with Crippen molar-refractivity contribution < 1.29 is 22.7 Å². The summed E-state index contributed by atoms with van der Waals surface area (Å²) in [6.07, 6.45) is 0. The van der Waals surface area contributed by atoms with Gasteiger partial charge in [0.2, 0.25) is 5.91 Å². The normalized spacial score (nSPS) is 12.8. The van der Waals surface area contributed by atoms with Gasteiger partial charge in [0.15, 0.2) is 11.5 Å². The van der Waals surface area contributed by atoms with Crippen LogP contribution < -0.4 is 19.1 Å². The van der Waals surface area contributed by atoms with E-state index >= 15 is 0 Å². The zero-order chi connectivity index (χ0) is 21.8. The molecule has 0 fully saturated rings. The third-order valence-corrected chi connectivity index (χ3v) is 6.54. The second kappa shape index (κ2) is 8.69. The molecule has 0 spiro atoms. The van der Waals surface area contributed by atoms with Crippen molar-refractivity contribution in [3.8, 4) is 11.5 Å². The molecular formula is C23H22N2O5S. The lowest BCUT2D eigenvalue weighted by Gasteiger charge is -2.25. The third kappa shape index (κ3) is 4.64. The van der Waals surface area contributed by atoms with E-state index in [9.17, 15) is 13.2 Å². The Morgan fingerprint density at radius 2 is 1.61 bits per heavy atom. The molecule has 3 aromatic rings. The van der Waals surface area contributed by atoms with E-state index in [0.717, 1.165) is 9.87 Å². The molecule has 1 heterocycles. The maximum atomic E-state index is 13.5. The summed E-state index contributed by atoms with van der Waals surface area (Å²) in [7, 11) is -4.05. The van der Waals surface area contributed by atoms with Crippen molar-refractivity contribution in [3.05, 3.63) is 78.4 Å². The number of sulfonamides is 1. The second-order valence-electron chi connectivity index (χ2n) is 7.07. The van der Waals surface area contributed by atoms with E-state index in [-0.39, 0.29) is 11.4 Å². The lowest BCUT2D eigenvalue weighted by atomic mass is 10.2. The highest BCUT2D eigenvalue weighted by Gasteiger charge is 2.29. The van der Waals surface area contributed by atoms with Crippen molar-refractivity contribution in [1.29, 1.82) is 0 Å². The van der Waals surface area contributed by atoms with Gasteiger partial charge in [0, 0.05) is 11.8 Å². The van der Waals surface area contributed by atoms with Gasteiger partial charge >= 0.3 is 0 Å². The monoisotopic (exact) mass is 438 g/mol. The molecule has 0 aliphatic carbocycles. The van der Waals surface area contributed by atoms with Crippen LogP contribution in [0.5, 0.6) is 11.5 Å². The van der Waals surface area contributed by atoms with Gasteiger partial charge < -0.3 is 14.8 Å². The zero-order valence-electron chi connectivity index (χ0n) is 16.9. The van der Waals surface area contributed by atoms with Crippen LogP contribution in [0, 0.1) is 6.92 Å². The summed E-state index contributed by atoms with van der Waals surface area (Å²) in [4.78, 5) is 12.7. The van der Waals surface area contributed by atoms with E-state index in [0.29, 0.717) is 36.1 Å². The van der Waals surface area contributed by atoms with Gasteiger partial charge in [0.05, 0.1) is 10.6 Å². The summed E-state index contributed by atoms with van der Waals surface area (Å²) < 4.78 is 39.2. The average molecular weight is 439 g/mol. The highest BCUT2D eigenvalue weighted by Crippen LogP contribution is 2.34. The number of nitrogens with one attached hydrogen (secondary N) is 1. The molecule has 31 heavy (non-hydrogen) atoms. The number of carbonyl (C=O) groups is 1. The molecule has 4 rings (SSSR count). The van der Waals surface area contributed by atoms with Gasteiger partial charge in [-0.2, -0.15) is 0 Å². The molecule has 0 bridgehead atoms. The van der Waals surface area contributed by atoms with Gasteiger partial charge in [0.1, 0.15) is 19.8 Å². The Hall–Kier alpha value is -3.52. The van der Waals surface area contributed by atoms with Crippen LogP contribution in [-0.2, 0) is 14.8 Å². The molecule has 0 saturated heterocycles. The maximum absolute atomic E-state index is 13.5. The molecule has 7 nitrogen and oxygen atoms in total. The van der Waals surface area contributed by atoms with Crippen molar-refractivity contribution in [3.63, 3.8) is 0 Å². The number of ether oxygens (including phenoxy) is 2. The number of nitrogens with zero attached hydrogens (tertiary/aromatic N) is 1. The van der Waals surface area contributed by atoms with Crippen LogP contribution >= 0.6 is 0 Å². The Balaban J connectivity index is 1.67. The number of benzene rings is 3. The van der Waals surface area contributed by atoms with Gasteiger partial charge in [0.25, 0.3) is 10.0 Å². The minimum Gasteiger partial charge on any atom is -0.486 e. The number of aryl methyl sites for hydroxylation is 1. The van der Waals surface area contributed by atoms with E-state index in [1.54, 1.807) is 54.6 Å². The highest BCUT2D eigenvalue weighted by molar-refractivity contribution is 7.92. The SMILES string of the molecule is Cc1ccc(N(CC(=O)Nc2ccccc2)S(=O)(=O)c2ccc3c(c2)OCCO3)cc1. The van der Waals surface area contributed by atoms with E-state index in [4.69, 9.17) is 9.47 Å². The predicted molar refractivity (Wildman–Crippen MR) is 118 cm³/mol. The van der Waals surface area contributed by atoms with Crippen molar-refractivity contribution in [1.82, 2.24) is 0 Å². The van der Waals surface area contributed by atoms with Crippen molar-refractivity contribution >= 4 is 27.3 Å². The topological polar surface area (TPSA) is 84.9 Å². The number of para-hydroxylation sites is 1. The summed E-state index contributed by atoms with van der Waals surface area (Å²) >= 11 is 0. The molecular weight excluding hydrogens is 416 g/mol. The van der Waals surface area contributed by atoms with Gasteiger partial charge in [-0.05, 0) is 43.3 Å². The first-order valence-electron chi connectivity index (χ1n) is 9.77. The van der Waals surface area contributed by atoms with Crippen LogP contribution in [0.3, 0.4) is 0 Å². The molecule has 1 N–H and O–H groups in total. The Kier molecular flexibility index (Phi) is 5.81. The van der Waals surface area contributed by atoms with Gasteiger partial charge in [-0.15, -0.1) is 0 Å². The minimum absolute atomic E-state index is 0.0184. The average Bonchev–Trinajstić information content (AvgIpc) is 2.78. The predicted octanol–water partition coefficient (Wildman–Crippen LogP) is 3.60. The van der Waals surface area contributed by atoms with Gasteiger partial charge in [-0.25, -0.2) is 8.42 Å². The van der Waals surface area contributed by atoms with Crippen LogP contribution in [0.15, 0.2) is 77.7 Å². The third-order valence-electron chi connectivity index (χ3n) is 4.77. The molecule has 8 heteroatoms. The quantitative estimate of drug-likeness (QED) is 0.636. The van der Waals surface area contributed by atoms with Crippen LogP contribution in [-0.4, -0.2) is 34.1 Å². The molecule has 0 aromatic heterocycles. The lowest BCUT2D eigenvalue weighted by Crippen LogP contribution is -2.38. The van der Waals surface area contributed by atoms with Gasteiger partial charge in [-0.3, -0.25) is 9.10 Å². The fraction of sp³-hybridized carbons (Fsp3) is 0.174. The second-order valence-corrected chi connectivity index (χ2v) is 8.93. The number of hydrogen-bond donors (Lipinski definition) is 1. The van der Waals surface area contributed by atoms with E-state index in [1.807, 2.05) is 13.0 Å². The molecule has 1 amide bonds. The summed E-state index contributed by atoms with van der Waals surface area (Å²) in [5.41, 5.74) is 1.96. The standard InChI is InChI=1S/C23H22N2O5S/c1-17-7-9-19(10-8-17)25(16-23(26)24-18-5-3-2-4-6-18)31(27,28)20-11-12-21-22(15-20)30-14-13-29-21/h2-12,15H,13-14,16H2,1H3,(H,24,26). The molecule has 0 radical (unpaired) electrons. The van der Waals surface area contributed by atoms with Crippen LogP contribution in [0.2, 0.25) is 0 Å². The Morgan fingerprint density at radius 3 is 2.32 bits per heavy atom. The molecule has 160 valence electrons. The molecule has 0 unspecified atom stereocenters. The Morgan fingerprint density at radius 1 is 0.935 bits per heavy atom. The zero-order valence-corrected chi connectivity index (χ0v) is 17.8. The fourth-order valence-electron chi connectivity index (χ4n) is 3.19. The number of carbonyl (C=O) groups excluding carboxylic acids is 1. The summed E-state index contributed by atoms with van der Waals surface area (Å²) in [5.74, 6) is 0.409. The molecule has 1 aliphatic heterocycles. The molecule has 3 aromatic carbocycles. The first-order chi connectivity index (χ1) is 14.9. The minimum atomic E-state index is -4.05. The first kappa shape index (κ1) is 20.7. The van der Waals surface area contributed by atoms with Crippen LogP contribution in [0.25, 0.3) is 0 Å². The van der Waals surface area contributed by atoms with Crippen molar-refractivity contribution in [2.24, 2.45) is 0 Å². The smallest absolute Gasteiger partial charge is 0.264 e. The van der Waals surface area contributed by atoms with Crippen LogP contribution in [0.1, 0.15) is 5.56 Å². The number of rotatable bonds is 6. The first-order valence-corrected chi connectivity index (χ1v) is 11.2. The fourth-order valence-corrected chi connectivity index (χ4v) is 4.63. The molecule has 0 saturated carbocycles. The molecule has 0 atom stereocenters. The van der Waals surface area contributed by atoms with E-state index in [2.05, 4.69) is 5.32 Å². The van der Waals surface area contributed by atoms with Crippen LogP contribution in [0.4, 0.5) is 11.4 Å². The maximum Gasteiger partial charge on any atom is 0.264 e. The highest BCUT2D eigenvalue weighted by atomic mass is 32.2. The largest absolute Gasteiger partial charge is 0.486 e. The molecule has 1 aliphatic rings. The number of amides is 1. The number of fused-ring (bicyclic) bond motifs is 1. The van der Waals surface area contributed by atoms with Crippen molar-refractivity contribution in [2.75, 3.05) is 29.4 Å². The Bertz CT molecular complexity index is 1180. The Labute approximate surface area is 181 Å². The lowest BCUT2D eigenvalue weighted by molar-refractivity contribution is -0.114. The summed E-state index contributed by atoms with van der Waals surface area (Å²) in [5, 5.41) is 2.74.